The maximum absolute atomic E-state index is 11.2. The third kappa shape index (κ3) is 3.47. The first-order valence-corrected chi connectivity index (χ1v) is 6.28. The first-order valence-electron chi connectivity index (χ1n) is 6.28. The first-order chi connectivity index (χ1) is 8.41. The highest BCUT2D eigenvalue weighted by Crippen LogP contribution is 2.21. The summed E-state index contributed by atoms with van der Waals surface area (Å²) in [5, 5.41) is 13.3. The Labute approximate surface area is 108 Å². The van der Waals surface area contributed by atoms with Crippen LogP contribution in [0.4, 0.5) is 11.4 Å². The number of nitrogen functional groups attached to an aromatic ring is 1. The maximum Gasteiger partial charge on any atom is 0.161 e. The minimum absolute atomic E-state index is 0.0438. The van der Waals surface area contributed by atoms with Crippen molar-refractivity contribution in [1.29, 1.82) is 0 Å². The van der Waals surface area contributed by atoms with Gasteiger partial charge in [-0.15, -0.1) is 0 Å². The Bertz CT molecular complexity index is 426. The number of aliphatic hydroxyl groups is 1. The SMILES string of the molecule is CCC(O)(CC)CNc1ccc(C(C)=O)c(N)c1. The van der Waals surface area contributed by atoms with Crippen LogP contribution in [-0.4, -0.2) is 23.0 Å². The van der Waals surface area contributed by atoms with Crippen molar-refractivity contribution in [3.63, 3.8) is 0 Å². The average molecular weight is 250 g/mol. The fourth-order valence-corrected chi connectivity index (χ4v) is 1.76. The number of Topliss-reactive ketones (excluding diaryl/α,β-unsaturated/α-hetero) is 1. The number of rotatable bonds is 6. The van der Waals surface area contributed by atoms with Gasteiger partial charge in [-0.2, -0.15) is 0 Å². The largest absolute Gasteiger partial charge is 0.398 e. The molecule has 100 valence electrons. The molecular formula is C14H22N2O2. The molecule has 1 aromatic rings. The van der Waals surface area contributed by atoms with Crippen LogP contribution in [0.1, 0.15) is 44.0 Å². The summed E-state index contributed by atoms with van der Waals surface area (Å²) in [6.07, 6.45) is 1.38. The maximum atomic E-state index is 11.2. The van der Waals surface area contributed by atoms with Gasteiger partial charge in [0.25, 0.3) is 0 Å². The Morgan fingerprint density at radius 3 is 2.44 bits per heavy atom. The number of benzene rings is 1. The topological polar surface area (TPSA) is 75.3 Å². The van der Waals surface area contributed by atoms with Crippen molar-refractivity contribution in [3.05, 3.63) is 23.8 Å². The van der Waals surface area contributed by atoms with Crippen molar-refractivity contribution < 1.29 is 9.90 Å². The summed E-state index contributed by atoms with van der Waals surface area (Å²) in [7, 11) is 0. The lowest BCUT2D eigenvalue weighted by Crippen LogP contribution is -2.35. The predicted octanol–water partition coefficient (Wildman–Crippen LogP) is 2.43. The number of nitrogens with one attached hydrogen (secondary N) is 1. The smallest absolute Gasteiger partial charge is 0.161 e. The van der Waals surface area contributed by atoms with Crippen molar-refractivity contribution in [3.8, 4) is 0 Å². The molecule has 0 aliphatic rings. The van der Waals surface area contributed by atoms with Crippen LogP contribution in [0.25, 0.3) is 0 Å². The average Bonchev–Trinajstić information content (AvgIpc) is 2.35. The molecule has 18 heavy (non-hydrogen) atoms. The lowest BCUT2D eigenvalue weighted by atomic mass is 9.97. The van der Waals surface area contributed by atoms with Crippen molar-refractivity contribution in [2.24, 2.45) is 0 Å². The first kappa shape index (κ1) is 14.5. The zero-order valence-electron chi connectivity index (χ0n) is 11.3. The second kappa shape index (κ2) is 5.87. The lowest BCUT2D eigenvalue weighted by Gasteiger charge is -2.26. The molecule has 1 rings (SSSR count). The van der Waals surface area contributed by atoms with E-state index in [0.717, 1.165) is 5.69 Å². The van der Waals surface area contributed by atoms with E-state index in [2.05, 4.69) is 5.32 Å². The van der Waals surface area contributed by atoms with Gasteiger partial charge in [0, 0.05) is 23.5 Å². The summed E-state index contributed by atoms with van der Waals surface area (Å²) in [4.78, 5) is 11.2. The molecule has 0 saturated heterocycles. The van der Waals surface area contributed by atoms with E-state index in [9.17, 15) is 9.90 Å². The van der Waals surface area contributed by atoms with Gasteiger partial charge in [-0.05, 0) is 38.0 Å². The van der Waals surface area contributed by atoms with E-state index in [1.807, 2.05) is 13.8 Å². The monoisotopic (exact) mass is 250 g/mol. The summed E-state index contributed by atoms with van der Waals surface area (Å²) < 4.78 is 0. The van der Waals surface area contributed by atoms with Crippen molar-refractivity contribution >= 4 is 17.2 Å². The zero-order chi connectivity index (χ0) is 13.8. The van der Waals surface area contributed by atoms with Crippen LogP contribution in [-0.2, 0) is 0 Å². The normalized spacial score (nSPS) is 11.3. The molecule has 0 saturated carbocycles. The molecule has 0 radical (unpaired) electrons. The molecule has 0 fully saturated rings. The van der Waals surface area contributed by atoms with Gasteiger partial charge in [0.1, 0.15) is 0 Å². The van der Waals surface area contributed by atoms with E-state index in [4.69, 9.17) is 5.73 Å². The highest BCUT2D eigenvalue weighted by Gasteiger charge is 2.21. The number of carbonyl (C=O) groups is 1. The molecule has 0 unspecified atom stereocenters. The van der Waals surface area contributed by atoms with Crippen LogP contribution in [0.2, 0.25) is 0 Å². The van der Waals surface area contributed by atoms with E-state index in [0.29, 0.717) is 30.6 Å². The summed E-state index contributed by atoms with van der Waals surface area (Å²) in [5.74, 6) is -0.0438. The van der Waals surface area contributed by atoms with Crippen LogP contribution >= 0.6 is 0 Å². The van der Waals surface area contributed by atoms with Gasteiger partial charge < -0.3 is 16.2 Å². The van der Waals surface area contributed by atoms with E-state index in [1.54, 1.807) is 18.2 Å². The fraction of sp³-hybridized carbons (Fsp3) is 0.500. The van der Waals surface area contributed by atoms with E-state index in [1.165, 1.54) is 6.92 Å². The molecule has 0 aliphatic heterocycles. The zero-order valence-corrected chi connectivity index (χ0v) is 11.3. The van der Waals surface area contributed by atoms with E-state index >= 15 is 0 Å². The molecule has 4 N–H and O–H groups in total. The van der Waals surface area contributed by atoms with Crippen LogP contribution in [0.5, 0.6) is 0 Å². The van der Waals surface area contributed by atoms with Gasteiger partial charge in [0.15, 0.2) is 5.78 Å². The third-order valence-electron chi connectivity index (χ3n) is 3.37. The van der Waals surface area contributed by atoms with Crippen LogP contribution < -0.4 is 11.1 Å². The Hall–Kier alpha value is -1.55. The van der Waals surface area contributed by atoms with Gasteiger partial charge in [0.2, 0.25) is 0 Å². The van der Waals surface area contributed by atoms with Gasteiger partial charge in [0.05, 0.1) is 5.60 Å². The molecule has 0 amide bonds. The predicted molar refractivity (Wildman–Crippen MR) is 74.9 cm³/mol. The Balaban J connectivity index is 2.75. The minimum Gasteiger partial charge on any atom is -0.398 e. The van der Waals surface area contributed by atoms with Crippen LogP contribution in [0, 0.1) is 0 Å². The second-order valence-electron chi connectivity index (χ2n) is 4.64. The molecule has 0 spiro atoms. The second-order valence-corrected chi connectivity index (χ2v) is 4.64. The van der Waals surface area contributed by atoms with Crippen molar-refractivity contribution in [1.82, 2.24) is 0 Å². The van der Waals surface area contributed by atoms with Crippen LogP contribution in [0.15, 0.2) is 18.2 Å². The Kier molecular flexibility index (Phi) is 4.73. The summed E-state index contributed by atoms with van der Waals surface area (Å²) >= 11 is 0. The fourth-order valence-electron chi connectivity index (χ4n) is 1.76. The van der Waals surface area contributed by atoms with Crippen molar-refractivity contribution in [2.45, 2.75) is 39.2 Å². The molecule has 0 aromatic heterocycles. The molecule has 0 heterocycles. The number of ketones is 1. The quantitative estimate of drug-likeness (QED) is 0.535. The summed E-state index contributed by atoms with van der Waals surface area (Å²) in [6.45, 7) is 5.88. The highest BCUT2D eigenvalue weighted by molar-refractivity contribution is 5.99. The summed E-state index contributed by atoms with van der Waals surface area (Å²) in [6, 6.07) is 5.23. The number of nitrogens with two attached hydrogens (primary N) is 1. The molecule has 0 bridgehead atoms. The van der Waals surface area contributed by atoms with Gasteiger partial charge in [-0.1, -0.05) is 13.8 Å². The Morgan fingerprint density at radius 2 is 2.00 bits per heavy atom. The van der Waals surface area contributed by atoms with Crippen molar-refractivity contribution in [2.75, 3.05) is 17.6 Å². The van der Waals surface area contributed by atoms with Gasteiger partial charge >= 0.3 is 0 Å². The standard InChI is InChI=1S/C14H22N2O2/c1-4-14(18,5-2)9-16-11-6-7-12(10(3)17)13(15)8-11/h6-8,16,18H,4-5,9,15H2,1-3H3. The molecule has 0 aliphatic carbocycles. The molecule has 4 nitrogen and oxygen atoms in total. The number of hydrogen-bond donors (Lipinski definition) is 3. The minimum atomic E-state index is -0.700. The summed E-state index contributed by atoms with van der Waals surface area (Å²) in [5.41, 5.74) is 6.91. The molecular weight excluding hydrogens is 228 g/mol. The van der Waals surface area contributed by atoms with Crippen LogP contribution in [0.3, 0.4) is 0 Å². The molecule has 1 aromatic carbocycles. The number of carbonyl (C=O) groups excluding carboxylic acids is 1. The van der Waals surface area contributed by atoms with Gasteiger partial charge in [-0.25, -0.2) is 0 Å². The highest BCUT2D eigenvalue weighted by atomic mass is 16.3. The third-order valence-corrected chi connectivity index (χ3v) is 3.37. The van der Waals surface area contributed by atoms with E-state index in [-0.39, 0.29) is 5.78 Å². The molecule has 0 atom stereocenters. The number of hydrogen-bond acceptors (Lipinski definition) is 4. The lowest BCUT2D eigenvalue weighted by molar-refractivity contribution is 0.0457. The van der Waals surface area contributed by atoms with E-state index < -0.39 is 5.60 Å². The number of anilines is 2. The molecule has 4 heteroatoms. The Morgan fingerprint density at radius 1 is 1.39 bits per heavy atom. The van der Waals surface area contributed by atoms with Gasteiger partial charge in [-0.3, -0.25) is 4.79 Å².